The molecule has 4 rings (SSSR count). The van der Waals surface area contributed by atoms with Gasteiger partial charge in [-0.3, -0.25) is 4.98 Å². The Morgan fingerprint density at radius 3 is 2.38 bits per heavy atom. The van der Waals surface area contributed by atoms with Crippen molar-refractivity contribution in [3.05, 3.63) is 76.9 Å². The number of ether oxygens (including phenoxy) is 1. The number of hydrogen-bond donors (Lipinski definition) is 1. The highest BCUT2D eigenvalue weighted by Crippen LogP contribution is 2.41. The molecule has 1 N–H and O–H groups in total. The molecule has 2 heterocycles. The second-order valence-corrected chi connectivity index (χ2v) is 8.00. The van der Waals surface area contributed by atoms with Crippen LogP contribution >= 0.6 is 46.1 Å². The first-order valence-corrected chi connectivity index (χ1v) is 9.86. The number of rotatable bonds is 3. The average molecular weight is 472 g/mol. The molecule has 0 aliphatic heterocycles. The van der Waals surface area contributed by atoms with Crippen LogP contribution in [0.1, 0.15) is 0 Å². The van der Waals surface area contributed by atoms with Crippen LogP contribution in [0.25, 0.3) is 15.9 Å². The molecule has 0 amide bonds. The van der Waals surface area contributed by atoms with Gasteiger partial charge in [-0.1, -0.05) is 52.2 Å². The highest BCUT2D eigenvalue weighted by Gasteiger charge is 2.17. The first-order chi connectivity index (χ1) is 13.8. The normalized spacial score (nSPS) is 11.2. The van der Waals surface area contributed by atoms with E-state index in [0.717, 1.165) is 13.8 Å². The first-order valence-electron chi connectivity index (χ1n) is 7.91. The maximum Gasteiger partial charge on any atom is 0.340 e. The Balaban J connectivity index is 1.80. The van der Waals surface area contributed by atoms with E-state index in [2.05, 4.69) is 4.98 Å². The zero-order chi connectivity index (χ0) is 20.9. The van der Waals surface area contributed by atoms with E-state index in [9.17, 15) is 14.4 Å². The van der Waals surface area contributed by atoms with Crippen molar-refractivity contribution >= 4 is 56.4 Å². The van der Waals surface area contributed by atoms with Crippen molar-refractivity contribution in [2.75, 3.05) is 0 Å². The van der Waals surface area contributed by atoms with Gasteiger partial charge < -0.3 is 4.74 Å². The fraction of sp³-hybridized carbons (Fsp3) is 0.0588. The summed E-state index contributed by atoms with van der Waals surface area (Å²) in [4.78, 5) is 42.3. The van der Waals surface area contributed by atoms with E-state index in [-0.39, 0.29) is 26.7 Å². The van der Waals surface area contributed by atoms with Gasteiger partial charge in [-0.2, -0.15) is 0 Å². The van der Waals surface area contributed by atoms with Crippen LogP contribution in [-0.2, 0) is 7.05 Å². The van der Waals surface area contributed by atoms with Crippen molar-refractivity contribution in [1.29, 1.82) is 0 Å². The molecule has 0 saturated carbocycles. The van der Waals surface area contributed by atoms with E-state index in [1.165, 1.54) is 30.5 Å². The van der Waals surface area contributed by atoms with Crippen LogP contribution in [0.15, 0.2) is 44.7 Å². The predicted octanol–water partition coefficient (Wildman–Crippen LogP) is 3.59. The van der Waals surface area contributed by atoms with E-state index in [0.29, 0.717) is 10.5 Å². The SMILES string of the molecule is Cn1c(=O)[nH]c(=O)n(-c2cc(Cl)c(Oc3nc4cccc(Cl)c4s3)c(Cl)c2)c1=O. The van der Waals surface area contributed by atoms with Crippen LogP contribution in [0, 0.1) is 0 Å². The minimum atomic E-state index is -0.917. The van der Waals surface area contributed by atoms with Crippen LogP contribution in [0.5, 0.6) is 10.9 Å². The van der Waals surface area contributed by atoms with Crippen LogP contribution in [0.3, 0.4) is 0 Å². The van der Waals surface area contributed by atoms with Crippen molar-refractivity contribution in [1.82, 2.24) is 19.1 Å². The molecular formula is C17H9Cl3N4O4S. The van der Waals surface area contributed by atoms with E-state index in [1.807, 2.05) is 4.98 Å². The molecule has 0 unspecified atom stereocenters. The Labute approximate surface area is 180 Å². The third-order valence-electron chi connectivity index (χ3n) is 3.98. The number of fused-ring (bicyclic) bond motifs is 1. The molecule has 4 aromatic rings. The van der Waals surface area contributed by atoms with Gasteiger partial charge in [-0.05, 0) is 24.3 Å². The third-order valence-corrected chi connectivity index (χ3v) is 5.95. The summed E-state index contributed by atoms with van der Waals surface area (Å²) in [6, 6.07) is 7.94. The van der Waals surface area contributed by atoms with Gasteiger partial charge in [0, 0.05) is 7.05 Å². The molecule has 0 spiro atoms. The number of thiazole rings is 1. The standard InChI is InChI=1S/C17H9Cl3N4O4S/c1-23-14(25)22-15(26)24(17(23)27)7-5-9(19)12(10(20)6-7)28-16-21-11-4-2-3-8(18)13(11)29-16/h2-6H,1H3,(H,22,25,26). The summed E-state index contributed by atoms with van der Waals surface area (Å²) < 4.78 is 7.96. The molecule has 2 aromatic heterocycles. The average Bonchev–Trinajstić information content (AvgIpc) is 3.07. The van der Waals surface area contributed by atoms with Gasteiger partial charge in [0.05, 0.1) is 31.0 Å². The van der Waals surface area contributed by atoms with Gasteiger partial charge >= 0.3 is 17.1 Å². The Bertz CT molecular complexity index is 1430. The van der Waals surface area contributed by atoms with E-state index < -0.39 is 17.1 Å². The van der Waals surface area contributed by atoms with E-state index >= 15 is 0 Å². The number of hydrogen-bond acceptors (Lipinski definition) is 6. The number of nitrogens with one attached hydrogen (secondary N) is 1. The summed E-state index contributed by atoms with van der Waals surface area (Å²) in [5, 5.41) is 0.883. The molecule has 0 radical (unpaired) electrons. The lowest BCUT2D eigenvalue weighted by Gasteiger charge is -2.11. The fourth-order valence-electron chi connectivity index (χ4n) is 2.58. The van der Waals surface area contributed by atoms with Crippen LogP contribution in [0.2, 0.25) is 15.1 Å². The number of H-pyrrole nitrogens is 1. The topological polar surface area (TPSA) is 99.0 Å². The summed E-state index contributed by atoms with van der Waals surface area (Å²) in [5.41, 5.74) is -1.87. The molecule has 0 aliphatic rings. The smallest absolute Gasteiger partial charge is 0.340 e. The largest absolute Gasteiger partial charge is 0.428 e. The second kappa shape index (κ2) is 7.34. The maximum absolute atomic E-state index is 12.3. The summed E-state index contributed by atoms with van der Waals surface area (Å²) in [6.07, 6.45) is 0. The summed E-state index contributed by atoms with van der Waals surface area (Å²) in [5.74, 6) is 0.0987. The molecule has 0 fully saturated rings. The molecule has 0 aliphatic carbocycles. The van der Waals surface area contributed by atoms with Crippen molar-refractivity contribution in [3.8, 4) is 16.6 Å². The number of benzene rings is 2. The maximum atomic E-state index is 12.3. The number of aromatic nitrogens is 4. The monoisotopic (exact) mass is 470 g/mol. The molecule has 0 atom stereocenters. The van der Waals surface area contributed by atoms with Crippen LogP contribution in [0.4, 0.5) is 0 Å². The predicted molar refractivity (Wildman–Crippen MR) is 113 cm³/mol. The summed E-state index contributed by atoms with van der Waals surface area (Å²) >= 11 is 19.9. The minimum Gasteiger partial charge on any atom is -0.428 e. The zero-order valence-corrected chi connectivity index (χ0v) is 17.5. The lowest BCUT2D eigenvalue weighted by molar-refractivity contribution is 0.480. The molecule has 12 heteroatoms. The van der Waals surface area contributed by atoms with Crippen molar-refractivity contribution in [2.45, 2.75) is 0 Å². The molecule has 0 saturated heterocycles. The van der Waals surface area contributed by atoms with E-state index in [1.54, 1.807) is 18.2 Å². The Hall–Kier alpha value is -2.59. The lowest BCUT2D eigenvalue weighted by atomic mass is 10.3. The van der Waals surface area contributed by atoms with Gasteiger partial charge in [0.15, 0.2) is 5.75 Å². The van der Waals surface area contributed by atoms with Gasteiger partial charge in [-0.15, -0.1) is 0 Å². The van der Waals surface area contributed by atoms with Crippen molar-refractivity contribution < 1.29 is 4.74 Å². The van der Waals surface area contributed by atoms with Gasteiger partial charge in [0.1, 0.15) is 0 Å². The van der Waals surface area contributed by atoms with Gasteiger partial charge in [-0.25, -0.2) is 28.5 Å². The molecule has 148 valence electrons. The number of aromatic amines is 1. The van der Waals surface area contributed by atoms with Crippen LogP contribution in [-0.4, -0.2) is 19.1 Å². The third kappa shape index (κ3) is 3.46. The summed E-state index contributed by atoms with van der Waals surface area (Å²) in [7, 11) is 1.23. The molecule has 29 heavy (non-hydrogen) atoms. The van der Waals surface area contributed by atoms with Crippen LogP contribution < -0.4 is 21.8 Å². The highest BCUT2D eigenvalue weighted by molar-refractivity contribution is 7.20. The molecule has 8 nitrogen and oxygen atoms in total. The Morgan fingerprint density at radius 1 is 1.03 bits per heavy atom. The highest BCUT2D eigenvalue weighted by atomic mass is 35.5. The second-order valence-electron chi connectivity index (χ2n) is 5.82. The van der Waals surface area contributed by atoms with Gasteiger partial charge in [0.2, 0.25) is 0 Å². The van der Waals surface area contributed by atoms with Crippen molar-refractivity contribution in [3.63, 3.8) is 0 Å². The fourth-order valence-corrected chi connectivity index (χ4v) is 4.25. The first kappa shape index (κ1) is 19.7. The van der Waals surface area contributed by atoms with Gasteiger partial charge in [0.25, 0.3) is 5.19 Å². The number of nitrogens with zero attached hydrogens (tertiary/aromatic N) is 3. The van der Waals surface area contributed by atoms with Crippen molar-refractivity contribution in [2.24, 2.45) is 7.05 Å². The minimum absolute atomic E-state index is 0.0398. The molecule has 2 aromatic carbocycles. The summed E-state index contributed by atoms with van der Waals surface area (Å²) in [6.45, 7) is 0. The quantitative estimate of drug-likeness (QED) is 0.492. The Kier molecular flexibility index (Phi) is 4.99. The molecule has 0 bridgehead atoms. The molecular weight excluding hydrogens is 463 g/mol. The Morgan fingerprint density at radius 2 is 1.72 bits per heavy atom. The lowest BCUT2D eigenvalue weighted by Crippen LogP contribution is -2.47. The number of halogens is 3. The zero-order valence-electron chi connectivity index (χ0n) is 14.4. The van der Waals surface area contributed by atoms with E-state index in [4.69, 9.17) is 39.5 Å².